The van der Waals surface area contributed by atoms with Gasteiger partial charge in [0.15, 0.2) is 0 Å². The van der Waals surface area contributed by atoms with Crippen LogP contribution in [0, 0.1) is 17.0 Å². The molecule has 0 amide bonds. The van der Waals surface area contributed by atoms with Gasteiger partial charge in [-0.05, 0) is 18.6 Å². The average molecular weight is 302 g/mol. The molecule has 0 radical (unpaired) electrons. The second-order valence-electron chi connectivity index (χ2n) is 3.16. The Labute approximate surface area is 105 Å². The van der Waals surface area contributed by atoms with Gasteiger partial charge >= 0.3 is 12.3 Å². The number of hydrogen-bond acceptors (Lipinski definition) is 5. The van der Waals surface area contributed by atoms with Crippen molar-refractivity contribution in [3.8, 4) is 5.75 Å². The Morgan fingerprint density at radius 3 is 2.39 bits per heavy atom. The fraction of sp³-hybridized carbons (Fsp3) is 0.250. The Bertz CT molecular complexity index is 589. The van der Waals surface area contributed by atoms with Crippen LogP contribution < -0.4 is 4.74 Å². The number of hydrogen-bond donors (Lipinski definition) is 0. The number of alkyl halides is 2. The zero-order valence-corrected chi connectivity index (χ0v) is 10.3. The number of nitro groups is 1. The number of benzene rings is 1. The standard InChI is InChI=1S/C8H6ClF2NO5S/c1-4-2-6(17-8(10)11)5(12(13)14)3-7(4)18(9,15)16/h2-3,8H,1H3. The van der Waals surface area contributed by atoms with E-state index in [0.717, 1.165) is 6.07 Å². The van der Waals surface area contributed by atoms with Gasteiger partial charge in [0.05, 0.1) is 9.82 Å². The summed E-state index contributed by atoms with van der Waals surface area (Å²) in [4.78, 5) is 9.07. The van der Waals surface area contributed by atoms with Gasteiger partial charge in [-0.15, -0.1) is 0 Å². The molecule has 0 unspecified atom stereocenters. The summed E-state index contributed by atoms with van der Waals surface area (Å²) in [6.45, 7) is -2.02. The quantitative estimate of drug-likeness (QED) is 0.484. The molecule has 0 aliphatic heterocycles. The van der Waals surface area contributed by atoms with Crippen LogP contribution in [0.25, 0.3) is 0 Å². The summed E-state index contributed by atoms with van der Waals surface area (Å²) in [7, 11) is 0.849. The van der Waals surface area contributed by atoms with Crippen molar-refractivity contribution in [2.24, 2.45) is 0 Å². The van der Waals surface area contributed by atoms with Crippen molar-refractivity contribution < 1.29 is 26.9 Å². The third-order valence-electron chi connectivity index (χ3n) is 1.93. The molecule has 0 aliphatic rings. The largest absolute Gasteiger partial charge is 0.427 e. The Morgan fingerprint density at radius 2 is 2.00 bits per heavy atom. The summed E-state index contributed by atoms with van der Waals surface area (Å²) in [6, 6.07) is 1.40. The highest BCUT2D eigenvalue weighted by Gasteiger charge is 2.25. The highest BCUT2D eigenvalue weighted by Crippen LogP contribution is 2.34. The molecule has 0 spiro atoms. The normalized spacial score (nSPS) is 11.6. The molecule has 0 heterocycles. The Morgan fingerprint density at radius 1 is 1.44 bits per heavy atom. The molecule has 0 bridgehead atoms. The predicted molar refractivity (Wildman–Crippen MR) is 57.5 cm³/mol. The minimum Gasteiger partial charge on any atom is -0.427 e. The SMILES string of the molecule is Cc1cc(OC(F)F)c([N+](=O)[O-])cc1S(=O)(=O)Cl. The van der Waals surface area contributed by atoms with Crippen LogP contribution in [0.1, 0.15) is 5.56 Å². The third kappa shape index (κ3) is 3.26. The second-order valence-corrected chi connectivity index (χ2v) is 5.69. The van der Waals surface area contributed by atoms with E-state index >= 15 is 0 Å². The van der Waals surface area contributed by atoms with Crippen molar-refractivity contribution in [2.45, 2.75) is 18.4 Å². The topological polar surface area (TPSA) is 86.5 Å². The highest BCUT2D eigenvalue weighted by atomic mass is 35.7. The lowest BCUT2D eigenvalue weighted by molar-refractivity contribution is -0.386. The molecule has 10 heteroatoms. The molecule has 0 fully saturated rings. The van der Waals surface area contributed by atoms with E-state index in [1.807, 2.05) is 0 Å². The fourth-order valence-electron chi connectivity index (χ4n) is 1.25. The van der Waals surface area contributed by atoms with Crippen molar-refractivity contribution >= 4 is 25.4 Å². The van der Waals surface area contributed by atoms with Gasteiger partial charge in [0.25, 0.3) is 9.05 Å². The number of halogens is 3. The minimum atomic E-state index is -4.21. The van der Waals surface area contributed by atoms with Crippen molar-refractivity contribution in [1.29, 1.82) is 0 Å². The highest BCUT2D eigenvalue weighted by molar-refractivity contribution is 8.13. The van der Waals surface area contributed by atoms with E-state index in [4.69, 9.17) is 10.7 Å². The lowest BCUT2D eigenvalue weighted by Gasteiger charge is -2.08. The van der Waals surface area contributed by atoms with Crippen molar-refractivity contribution in [1.82, 2.24) is 0 Å². The average Bonchev–Trinajstić information content (AvgIpc) is 2.13. The van der Waals surface area contributed by atoms with Gasteiger partial charge in [0, 0.05) is 16.7 Å². The summed E-state index contributed by atoms with van der Waals surface area (Å²) >= 11 is 0. The van der Waals surface area contributed by atoms with Crippen LogP contribution in [-0.4, -0.2) is 20.0 Å². The van der Waals surface area contributed by atoms with Gasteiger partial charge in [-0.3, -0.25) is 10.1 Å². The van der Waals surface area contributed by atoms with Crippen LogP contribution in [-0.2, 0) is 9.05 Å². The van der Waals surface area contributed by atoms with Crippen LogP contribution in [0.3, 0.4) is 0 Å². The molecule has 1 aromatic rings. The number of nitrogens with zero attached hydrogens (tertiary/aromatic N) is 1. The molecule has 0 saturated heterocycles. The van der Waals surface area contributed by atoms with E-state index < -0.39 is 36.9 Å². The van der Waals surface area contributed by atoms with Crippen LogP contribution >= 0.6 is 10.7 Å². The zero-order chi connectivity index (χ0) is 14.1. The van der Waals surface area contributed by atoms with Crippen LogP contribution in [0.15, 0.2) is 17.0 Å². The first-order valence-electron chi connectivity index (χ1n) is 4.31. The first-order valence-corrected chi connectivity index (χ1v) is 6.62. The zero-order valence-electron chi connectivity index (χ0n) is 8.76. The van der Waals surface area contributed by atoms with Crippen molar-refractivity contribution in [3.05, 3.63) is 27.8 Å². The molecule has 0 N–H and O–H groups in total. The molecular formula is C8H6ClF2NO5S. The Hall–Kier alpha value is -1.48. The van der Waals surface area contributed by atoms with Crippen LogP contribution in [0.2, 0.25) is 0 Å². The van der Waals surface area contributed by atoms with Crippen LogP contribution in [0.5, 0.6) is 5.75 Å². The predicted octanol–water partition coefficient (Wildman–Crippen LogP) is 2.43. The molecule has 0 aromatic heterocycles. The number of aryl methyl sites for hydroxylation is 1. The first kappa shape index (κ1) is 14.6. The van der Waals surface area contributed by atoms with E-state index in [1.54, 1.807) is 0 Å². The fourth-order valence-corrected chi connectivity index (χ4v) is 2.44. The summed E-state index contributed by atoms with van der Waals surface area (Å²) in [5, 5.41) is 10.6. The van der Waals surface area contributed by atoms with Gasteiger partial charge < -0.3 is 4.74 Å². The Kier molecular flexibility index (Phi) is 4.07. The first-order chi connectivity index (χ1) is 8.12. The molecular weight excluding hydrogens is 296 g/mol. The molecule has 0 saturated carbocycles. The molecule has 6 nitrogen and oxygen atoms in total. The van der Waals surface area contributed by atoms with Gasteiger partial charge in [-0.1, -0.05) is 0 Å². The van der Waals surface area contributed by atoms with E-state index in [-0.39, 0.29) is 5.56 Å². The van der Waals surface area contributed by atoms with E-state index in [1.165, 1.54) is 6.92 Å². The van der Waals surface area contributed by atoms with Crippen LogP contribution in [0.4, 0.5) is 14.5 Å². The third-order valence-corrected chi connectivity index (χ3v) is 3.40. The van der Waals surface area contributed by atoms with Gasteiger partial charge in [0.2, 0.25) is 5.75 Å². The van der Waals surface area contributed by atoms with Crippen molar-refractivity contribution in [3.63, 3.8) is 0 Å². The monoisotopic (exact) mass is 301 g/mol. The lowest BCUT2D eigenvalue weighted by atomic mass is 10.2. The molecule has 0 aliphatic carbocycles. The summed E-state index contributed by atoms with van der Waals surface area (Å²) in [5.74, 6) is -0.725. The van der Waals surface area contributed by atoms with E-state index in [9.17, 15) is 27.3 Å². The van der Waals surface area contributed by atoms with E-state index in [2.05, 4.69) is 4.74 Å². The summed E-state index contributed by atoms with van der Waals surface area (Å²) < 4.78 is 50.3. The molecule has 1 aromatic carbocycles. The summed E-state index contributed by atoms with van der Waals surface area (Å²) in [6.07, 6.45) is 0. The lowest BCUT2D eigenvalue weighted by Crippen LogP contribution is -2.06. The minimum absolute atomic E-state index is 0.0359. The maximum Gasteiger partial charge on any atom is 0.387 e. The Balaban J connectivity index is 3.49. The van der Waals surface area contributed by atoms with Gasteiger partial charge in [-0.25, -0.2) is 8.42 Å². The van der Waals surface area contributed by atoms with E-state index in [0.29, 0.717) is 6.07 Å². The molecule has 0 atom stereocenters. The number of rotatable bonds is 4. The second kappa shape index (κ2) is 5.02. The maximum atomic E-state index is 12.0. The van der Waals surface area contributed by atoms with Crippen molar-refractivity contribution in [2.75, 3.05) is 0 Å². The molecule has 18 heavy (non-hydrogen) atoms. The number of ether oxygens (including phenoxy) is 1. The molecule has 1 rings (SSSR count). The maximum absolute atomic E-state index is 12.0. The molecule has 100 valence electrons. The summed E-state index contributed by atoms with van der Waals surface area (Å²) in [5.41, 5.74) is -0.939. The van der Waals surface area contributed by atoms with Gasteiger partial charge in [-0.2, -0.15) is 8.78 Å². The smallest absolute Gasteiger partial charge is 0.387 e. The van der Waals surface area contributed by atoms with Gasteiger partial charge in [0.1, 0.15) is 0 Å². The number of nitro benzene ring substituents is 1.